The highest BCUT2D eigenvalue weighted by molar-refractivity contribution is 9.10. The van der Waals surface area contributed by atoms with Crippen LogP contribution in [0.15, 0.2) is 40.9 Å². The number of nitro benzene ring substituents is 2. The Balaban J connectivity index is 2.44. The van der Waals surface area contributed by atoms with Crippen LogP contribution in [0.3, 0.4) is 0 Å². The van der Waals surface area contributed by atoms with E-state index in [9.17, 15) is 25.0 Å². The third-order valence-electron chi connectivity index (χ3n) is 2.90. The molecule has 0 aliphatic rings. The highest BCUT2D eigenvalue weighted by Crippen LogP contribution is 2.31. The molecule has 0 fully saturated rings. The summed E-state index contributed by atoms with van der Waals surface area (Å²) in [7, 11) is 0. The fraction of sp³-hybridized carbons (Fsp3) is 0. The van der Waals surface area contributed by atoms with Crippen molar-refractivity contribution < 1.29 is 14.6 Å². The number of rotatable bonds is 4. The van der Waals surface area contributed by atoms with Crippen molar-refractivity contribution in [1.82, 2.24) is 0 Å². The number of nitrogens with one attached hydrogen (secondary N) is 1. The van der Waals surface area contributed by atoms with E-state index in [1.807, 2.05) is 0 Å². The summed E-state index contributed by atoms with van der Waals surface area (Å²) in [4.78, 5) is 32.3. The van der Waals surface area contributed by atoms with Crippen molar-refractivity contribution in [2.45, 2.75) is 0 Å². The molecule has 9 nitrogen and oxygen atoms in total. The summed E-state index contributed by atoms with van der Waals surface area (Å²) in [6, 6.07) is 8.14. The predicted octanol–water partition coefficient (Wildman–Crippen LogP) is 3.10. The van der Waals surface area contributed by atoms with Gasteiger partial charge >= 0.3 is 0 Å². The van der Waals surface area contributed by atoms with Crippen LogP contribution in [-0.4, -0.2) is 15.8 Å². The normalized spacial score (nSPS) is 10.1. The Morgan fingerprint density at radius 2 is 1.70 bits per heavy atom. The molecule has 0 radical (unpaired) electrons. The van der Waals surface area contributed by atoms with Gasteiger partial charge in [0.25, 0.3) is 17.3 Å². The van der Waals surface area contributed by atoms with E-state index in [0.29, 0.717) is 11.8 Å². The van der Waals surface area contributed by atoms with E-state index in [0.717, 1.165) is 10.5 Å². The first-order chi connectivity index (χ1) is 10.8. The zero-order valence-electron chi connectivity index (χ0n) is 11.4. The van der Waals surface area contributed by atoms with Gasteiger partial charge in [-0.15, -0.1) is 0 Å². The summed E-state index contributed by atoms with van der Waals surface area (Å²) in [6.45, 7) is 0. The van der Waals surface area contributed by atoms with Crippen LogP contribution in [-0.2, 0) is 0 Å². The van der Waals surface area contributed by atoms with Gasteiger partial charge in [0.2, 0.25) is 0 Å². The number of non-ortho nitro benzene ring substituents is 1. The van der Waals surface area contributed by atoms with Gasteiger partial charge in [-0.1, -0.05) is 15.9 Å². The molecule has 10 heteroatoms. The quantitative estimate of drug-likeness (QED) is 0.474. The first-order valence-corrected chi connectivity index (χ1v) is 6.88. The number of amides is 1. The van der Waals surface area contributed by atoms with E-state index >= 15 is 0 Å². The number of hydrogen-bond donors (Lipinski definition) is 2. The molecule has 0 unspecified atom stereocenters. The van der Waals surface area contributed by atoms with Gasteiger partial charge in [0.1, 0.15) is 5.69 Å². The Bertz CT molecular complexity index is 807. The number of hydrogen-bond acceptors (Lipinski definition) is 6. The maximum atomic E-state index is 12.2. The second kappa shape index (κ2) is 6.40. The standard InChI is InChI=1S/C13H9BrN4O5/c14-7-1-3-8(4-2-7)16-13(19)10-5-9(17(20)21)6-11(12(10)15)18(22)23/h1-6H,15H2,(H,16,19). The van der Waals surface area contributed by atoms with Crippen molar-refractivity contribution in [2.24, 2.45) is 0 Å². The van der Waals surface area contributed by atoms with E-state index in [-0.39, 0.29) is 5.56 Å². The number of benzene rings is 2. The molecule has 0 aliphatic heterocycles. The molecular formula is C13H9BrN4O5. The fourth-order valence-electron chi connectivity index (χ4n) is 1.80. The van der Waals surface area contributed by atoms with Crippen LogP contribution in [0, 0.1) is 20.2 Å². The van der Waals surface area contributed by atoms with Crippen LogP contribution in [0.5, 0.6) is 0 Å². The van der Waals surface area contributed by atoms with Crippen molar-refractivity contribution >= 4 is 44.6 Å². The highest BCUT2D eigenvalue weighted by atomic mass is 79.9. The summed E-state index contributed by atoms with van der Waals surface area (Å²) in [6.07, 6.45) is 0. The largest absolute Gasteiger partial charge is 0.392 e. The molecule has 2 rings (SSSR count). The van der Waals surface area contributed by atoms with Crippen LogP contribution in [0.2, 0.25) is 0 Å². The number of carbonyl (C=O) groups is 1. The molecule has 0 heterocycles. The van der Waals surface area contributed by atoms with Gasteiger partial charge in [-0.05, 0) is 24.3 Å². The van der Waals surface area contributed by atoms with E-state index < -0.39 is 32.8 Å². The SMILES string of the molecule is Nc1c(C(=O)Nc2ccc(Br)cc2)cc([N+](=O)[O-])cc1[N+](=O)[O-]. The molecular weight excluding hydrogens is 372 g/mol. The maximum Gasteiger partial charge on any atom is 0.299 e. The Hall–Kier alpha value is -3.01. The number of nitrogen functional groups attached to an aromatic ring is 1. The number of nitro groups is 2. The first kappa shape index (κ1) is 16.4. The molecule has 0 saturated carbocycles. The minimum absolute atomic E-state index is 0.339. The third-order valence-corrected chi connectivity index (χ3v) is 3.43. The average Bonchev–Trinajstić information content (AvgIpc) is 2.49. The average molecular weight is 381 g/mol. The lowest BCUT2D eigenvalue weighted by atomic mass is 10.1. The molecule has 0 saturated heterocycles. The molecule has 2 aromatic rings. The van der Waals surface area contributed by atoms with Gasteiger partial charge in [0.05, 0.1) is 21.5 Å². The monoisotopic (exact) mass is 380 g/mol. The van der Waals surface area contributed by atoms with Gasteiger partial charge in [-0.25, -0.2) is 0 Å². The molecule has 0 spiro atoms. The lowest BCUT2D eigenvalue weighted by Gasteiger charge is -2.08. The topological polar surface area (TPSA) is 141 Å². The first-order valence-electron chi connectivity index (χ1n) is 6.09. The van der Waals surface area contributed by atoms with Crippen LogP contribution in [0.4, 0.5) is 22.7 Å². The van der Waals surface area contributed by atoms with Gasteiger partial charge in [-0.2, -0.15) is 0 Å². The van der Waals surface area contributed by atoms with Crippen LogP contribution in [0.1, 0.15) is 10.4 Å². The van der Waals surface area contributed by atoms with Crippen molar-refractivity contribution in [1.29, 1.82) is 0 Å². The van der Waals surface area contributed by atoms with Gasteiger partial charge in [0.15, 0.2) is 0 Å². The van der Waals surface area contributed by atoms with Crippen LogP contribution in [0.25, 0.3) is 0 Å². The van der Waals surface area contributed by atoms with Gasteiger partial charge in [0, 0.05) is 16.2 Å². The van der Waals surface area contributed by atoms with Crippen molar-refractivity contribution in [3.05, 3.63) is 66.7 Å². The fourth-order valence-corrected chi connectivity index (χ4v) is 2.06. The van der Waals surface area contributed by atoms with Gasteiger partial charge < -0.3 is 11.1 Å². The Morgan fingerprint density at radius 3 is 2.22 bits per heavy atom. The summed E-state index contributed by atoms with van der Waals surface area (Å²) in [5.74, 6) is -0.781. The molecule has 0 atom stereocenters. The third kappa shape index (κ3) is 3.61. The molecule has 118 valence electrons. The molecule has 0 aromatic heterocycles. The molecule has 0 bridgehead atoms. The summed E-state index contributed by atoms with van der Waals surface area (Å²) in [5.41, 5.74) is 3.95. The minimum atomic E-state index is -0.876. The predicted molar refractivity (Wildman–Crippen MR) is 86.3 cm³/mol. The smallest absolute Gasteiger partial charge is 0.299 e. The second-order valence-electron chi connectivity index (χ2n) is 4.40. The number of nitrogens with zero attached hydrogens (tertiary/aromatic N) is 2. The van der Waals surface area contributed by atoms with Crippen molar-refractivity contribution in [3.8, 4) is 0 Å². The van der Waals surface area contributed by atoms with E-state index in [1.54, 1.807) is 24.3 Å². The molecule has 1 amide bonds. The minimum Gasteiger partial charge on any atom is -0.392 e. The number of nitrogens with two attached hydrogens (primary N) is 1. The number of carbonyl (C=O) groups excluding carboxylic acids is 1. The van der Waals surface area contributed by atoms with Crippen LogP contribution >= 0.6 is 15.9 Å². The zero-order chi connectivity index (χ0) is 17.1. The molecule has 23 heavy (non-hydrogen) atoms. The summed E-state index contributed by atoms with van der Waals surface area (Å²) >= 11 is 3.24. The lowest BCUT2D eigenvalue weighted by molar-refractivity contribution is -0.393. The maximum absolute atomic E-state index is 12.2. The number of anilines is 2. The van der Waals surface area contributed by atoms with Gasteiger partial charge in [-0.3, -0.25) is 25.0 Å². The molecule has 2 aromatic carbocycles. The lowest BCUT2D eigenvalue weighted by Crippen LogP contribution is -2.15. The van der Waals surface area contributed by atoms with E-state index in [1.165, 1.54) is 0 Å². The number of halogens is 1. The van der Waals surface area contributed by atoms with E-state index in [2.05, 4.69) is 21.2 Å². The highest BCUT2D eigenvalue weighted by Gasteiger charge is 2.25. The molecule has 3 N–H and O–H groups in total. The zero-order valence-corrected chi connectivity index (χ0v) is 12.9. The van der Waals surface area contributed by atoms with Crippen LogP contribution < -0.4 is 11.1 Å². The Morgan fingerprint density at radius 1 is 1.09 bits per heavy atom. The van der Waals surface area contributed by atoms with E-state index in [4.69, 9.17) is 5.73 Å². The summed E-state index contributed by atoms with van der Waals surface area (Å²) < 4.78 is 0.793. The van der Waals surface area contributed by atoms with Crippen molar-refractivity contribution in [2.75, 3.05) is 11.1 Å². The van der Waals surface area contributed by atoms with Crippen molar-refractivity contribution in [3.63, 3.8) is 0 Å². The summed E-state index contributed by atoms with van der Waals surface area (Å²) in [5, 5.41) is 24.3. The molecule has 0 aliphatic carbocycles. The Kier molecular flexibility index (Phi) is 4.55. The Labute approximate surface area is 137 Å². The second-order valence-corrected chi connectivity index (χ2v) is 5.32.